The number of rotatable bonds is 3. The molecule has 0 spiro atoms. The van der Waals surface area contributed by atoms with Crippen LogP contribution in [0.15, 0.2) is 46.9 Å². The van der Waals surface area contributed by atoms with E-state index < -0.39 is 46.8 Å². The number of hydrogen-bond acceptors (Lipinski definition) is 7. The molecular formula is C17H7F2N3O5. The third kappa shape index (κ3) is 2.63. The average Bonchev–Trinajstić information content (AvgIpc) is 3.22. The highest BCUT2D eigenvalue weighted by atomic mass is 19.1. The molecule has 2 heterocycles. The van der Waals surface area contributed by atoms with Crippen LogP contribution in [0, 0.1) is 11.6 Å². The predicted molar refractivity (Wildman–Crippen MR) is 82.0 cm³/mol. The summed E-state index contributed by atoms with van der Waals surface area (Å²) in [5.41, 5.74) is -0.491. The number of nitrogens with zero attached hydrogens (tertiary/aromatic N) is 3. The standard InChI is InChI=1S/C17H7F2N3O5/c18-10-6-3-7-11(19)12(10)13-20-21-14(26-13)17(25)27-22-15(23)8-4-1-2-5-9(8)16(22)24/h1-7H. The minimum atomic E-state index is -1.33. The van der Waals surface area contributed by atoms with E-state index in [2.05, 4.69) is 10.2 Å². The van der Waals surface area contributed by atoms with Gasteiger partial charge in [0.1, 0.15) is 17.2 Å². The quantitative estimate of drug-likeness (QED) is 0.651. The fraction of sp³-hybridized carbons (Fsp3) is 0. The molecule has 1 aromatic heterocycles. The second-order valence-electron chi connectivity index (χ2n) is 5.34. The van der Waals surface area contributed by atoms with E-state index in [1.165, 1.54) is 12.1 Å². The molecule has 0 saturated carbocycles. The van der Waals surface area contributed by atoms with Crippen molar-refractivity contribution in [3.63, 3.8) is 0 Å². The summed E-state index contributed by atoms with van der Waals surface area (Å²) in [6.07, 6.45) is 0. The highest BCUT2D eigenvalue weighted by molar-refractivity contribution is 6.21. The Bertz CT molecular complexity index is 1060. The zero-order valence-corrected chi connectivity index (χ0v) is 13.2. The van der Waals surface area contributed by atoms with E-state index in [1.54, 1.807) is 12.1 Å². The lowest BCUT2D eigenvalue weighted by Gasteiger charge is -2.10. The molecule has 0 unspecified atom stereocenters. The van der Waals surface area contributed by atoms with Crippen molar-refractivity contribution in [1.82, 2.24) is 15.3 Å². The van der Waals surface area contributed by atoms with Crippen LogP contribution in [0.1, 0.15) is 31.4 Å². The first-order valence-corrected chi connectivity index (χ1v) is 7.45. The molecule has 0 N–H and O–H groups in total. The van der Waals surface area contributed by atoms with E-state index in [0.717, 1.165) is 18.2 Å². The molecule has 27 heavy (non-hydrogen) atoms. The predicted octanol–water partition coefficient (Wildman–Crippen LogP) is 2.38. The van der Waals surface area contributed by atoms with Gasteiger partial charge in [-0.3, -0.25) is 9.59 Å². The number of imide groups is 1. The summed E-state index contributed by atoms with van der Waals surface area (Å²) in [6, 6.07) is 8.97. The van der Waals surface area contributed by atoms with Crippen LogP contribution in [-0.2, 0) is 4.84 Å². The van der Waals surface area contributed by atoms with E-state index in [9.17, 15) is 23.2 Å². The van der Waals surface area contributed by atoms with Gasteiger partial charge in [-0.15, -0.1) is 10.2 Å². The van der Waals surface area contributed by atoms with Crippen LogP contribution in [0.25, 0.3) is 11.5 Å². The van der Waals surface area contributed by atoms with Gasteiger partial charge >= 0.3 is 11.9 Å². The van der Waals surface area contributed by atoms with Gasteiger partial charge in [0.2, 0.25) is 0 Å². The number of halogens is 2. The van der Waals surface area contributed by atoms with Crippen LogP contribution in [0.3, 0.4) is 0 Å². The molecule has 0 atom stereocenters. The summed E-state index contributed by atoms with van der Waals surface area (Å²) < 4.78 is 32.4. The summed E-state index contributed by atoms with van der Waals surface area (Å²) >= 11 is 0. The van der Waals surface area contributed by atoms with Crippen molar-refractivity contribution in [2.45, 2.75) is 0 Å². The van der Waals surface area contributed by atoms with E-state index in [4.69, 9.17) is 9.25 Å². The molecule has 2 amide bonds. The SMILES string of the molecule is O=C(ON1C(=O)c2ccccc2C1=O)c1nnc(-c2c(F)cccc2F)o1. The highest BCUT2D eigenvalue weighted by Gasteiger charge is 2.39. The van der Waals surface area contributed by atoms with Crippen LogP contribution in [0.2, 0.25) is 0 Å². The van der Waals surface area contributed by atoms with Crippen LogP contribution in [0.4, 0.5) is 8.78 Å². The first kappa shape index (κ1) is 16.5. The molecule has 0 bridgehead atoms. The smallest absolute Gasteiger partial charge is 0.411 e. The molecule has 0 fully saturated rings. The Labute approximate surface area is 148 Å². The average molecular weight is 371 g/mol. The van der Waals surface area contributed by atoms with Crippen molar-refractivity contribution in [3.05, 3.63) is 71.1 Å². The van der Waals surface area contributed by atoms with Gasteiger partial charge in [0, 0.05) is 0 Å². The number of hydroxylamine groups is 2. The van der Waals surface area contributed by atoms with Crippen molar-refractivity contribution in [3.8, 4) is 11.5 Å². The molecule has 0 radical (unpaired) electrons. The highest BCUT2D eigenvalue weighted by Crippen LogP contribution is 2.26. The maximum absolute atomic E-state index is 13.7. The molecule has 8 nitrogen and oxygen atoms in total. The number of carbonyl (C=O) groups excluding carboxylic acids is 3. The Morgan fingerprint density at radius 3 is 2.11 bits per heavy atom. The fourth-order valence-corrected chi connectivity index (χ4v) is 2.48. The normalized spacial score (nSPS) is 13.0. The fourth-order valence-electron chi connectivity index (χ4n) is 2.48. The monoisotopic (exact) mass is 371 g/mol. The lowest BCUT2D eigenvalue weighted by atomic mass is 10.1. The minimum absolute atomic E-state index is 0.0648. The van der Waals surface area contributed by atoms with E-state index >= 15 is 0 Å². The lowest BCUT2D eigenvalue weighted by Crippen LogP contribution is -2.32. The Hall–Kier alpha value is -3.95. The van der Waals surface area contributed by atoms with Gasteiger partial charge < -0.3 is 9.25 Å². The zero-order valence-electron chi connectivity index (χ0n) is 13.2. The van der Waals surface area contributed by atoms with E-state index in [1.807, 2.05) is 0 Å². The number of benzene rings is 2. The second-order valence-corrected chi connectivity index (χ2v) is 5.34. The van der Waals surface area contributed by atoms with Gasteiger partial charge in [-0.1, -0.05) is 23.3 Å². The number of aromatic nitrogens is 2. The molecule has 1 aliphatic rings. The van der Waals surface area contributed by atoms with Crippen molar-refractivity contribution in [2.75, 3.05) is 0 Å². The molecule has 0 aliphatic carbocycles. The molecule has 0 saturated heterocycles. The first-order valence-electron chi connectivity index (χ1n) is 7.45. The van der Waals surface area contributed by atoms with Crippen molar-refractivity contribution in [2.24, 2.45) is 0 Å². The first-order chi connectivity index (χ1) is 13.0. The van der Waals surface area contributed by atoms with Crippen LogP contribution in [0.5, 0.6) is 0 Å². The Balaban J connectivity index is 1.58. The minimum Gasteiger partial charge on any atom is -0.411 e. The maximum Gasteiger partial charge on any atom is 0.421 e. The topological polar surface area (TPSA) is 103 Å². The molecule has 1 aliphatic heterocycles. The van der Waals surface area contributed by atoms with Crippen LogP contribution in [-0.4, -0.2) is 33.0 Å². The van der Waals surface area contributed by atoms with Gasteiger partial charge in [-0.2, -0.15) is 0 Å². The van der Waals surface area contributed by atoms with Crippen LogP contribution < -0.4 is 0 Å². The van der Waals surface area contributed by atoms with E-state index in [0.29, 0.717) is 0 Å². The molecule has 3 aromatic rings. The summed E-state index contributed by atoms with van der Waals surface area (Å²) in [5, 5.41) is 6.99. The Kier molecular flexibility index (Phi) is 3.73. The van der Waals surface area contributed by atoms with Gasteiger partial charge in [-0.05, 0) is 24.3 Å². The van der Waals surface area contributed by atoms with Crippen molar-refractivity contribution in [1.29, 1.82) is 0 Å². The number of hydrogen-bond donors (Lipinski definition) is 0. The molecule has 2 aromatic carbocycles. The molecule has 4 rings (SSSR count). The van der Waals surface area contributed by atoms with Gasteiger partial charge in [0.05, 0.1) is 11.1 Å². The van der Waals surface area contributed by atoms with Crippen molar-refractivity contribution < 1.29 is 32.4 Å². The number of carbonyl (C=O) groups is 3. The summed E-state index contributed by atoms with van der Waals surface area (Å²) in [5.74, 6) is -6.35. The van der Waals surface area contributed by atoms with E-state index in [-0.39, 0.29) is 16.2 Å². The van der Waals surface area contributed by atoms with Crippen LogP contribution >= 0.6 is 0 Å². The molecule has 10 heteroatoms. The largest absolute Gasteiger partial charge is 0.421 e. The maximum atomic E-state index is 13.7. The lowest BCUT2D eigenvalue weighted by molar-refractivity contribution is -0.0608. The van der Waals surface area contributed by atoms with Gasteiger partial charge in [0.15, 0.2) is 0 Å². The number of fused-ring (bicyclic) bond motifs is 1. The van der Waals surface area contributed by atoms with Crippen molar-refractivity contribution >= 4 is 17.8 Å². The van der Waals surface area contributed by atoms with Gasteiger partial charge in [0.25, 0.3) is 17.7 Å². The second kappa shape index (κ2) is 6.09. The number of amides is 2. The summed E-state index contributed by atoms with van der Waals surface area (Å²) in [6.45, 7) is 0. The van der Waals surface area contributed by atoms with Gasteiger partial charge in [-0.25, -0.2) is 13.6 Å². The Morgan fingerprint density at radius 1 is 0.926 bits per heavy atom. The summed E-state index contributed by atoms with van der Waals surface area (Å²) in [4.78, 5) is 41.1. The summed E-state index contributed by atoms with van der Waals surface area (Å²) in [7, 11) is 0. The molecule has 134 valence electrons. The molecular weight excluding hydrogens is 364 g/mol. The third-order valence-corrected chi connectivity index (χ3v) is 3.71. The zero-order chi connectivity index (χ0) is 19.1. The third-order valence-electron chi connectivity index (χ3n) is 3.71. The Morgan fingerprint density at radius 2 is 1.52 bits per heavy atom.